The Morgan fingerprint density at radius 2 is 1.76 bits per heavy atom. The Bertz CT molecular complexity index is 776. The van der Waals surface area contributed by atoms with Crippen molar-refractivity contribution in [1.82, 2.24) is 5.32 Å². The molecule has 0 spiro atoms. The third kappa shape index (κ3) is 5.61. The van der Waals surface area contributed by atoms with E-state index >= 15 is 0 Å². The lowest BCUT2D eigenvalue weighted by atomic mass is 10.2. The van der Waals surface area contributed by atoms with E-state index in [4.69, 9.17) is 0 Å². The van der Waals surface area contributed by atoms with Crippen molar-refractivity contribution in [2.75, 3.05) is 17.6 Å². The molecule has 2 aromatic rings. The number of nitrogens with one attached hydrogen (secondary N) is 2. The normalized spacial score (nSPS) is 10.4. The van der Waals surface area contributed by atoms with Gasteiger partial charge in [-0.15, -0.1) is 11.8 Å². The predicted octanol–water partition coefficient (Wildman–Crippen LogP) is 4.55. The molecular formula is C19H21BrN2O2S. The van der Waals surface area contributed by atoms with Crippen LogP contribution < -0.4 is 10.6 Å². The smallest absolute Gasteiger partial charge is 0.251 e. The third-order valence-corrected chi connectivity index (χ3v) is 5.59. The van der Waals surface area contributed by atoms with Crippen LogP contribution in [0.15, 0.2) is 45.8 Å². The number of benzene rings is 2. The molecule has 0 radical (unpaired) electrons. The molecular weight excluding hydrogens is 400 g/mol. The maximum atomic E-state index is 12.1. The second-order valence-electron chi connectivity index (χ2n) is 5.64. The summed E-state index contributed by atoms with van der Waals surface area (Å²) < 4.78 is 1.08. The summed E-state index contributed by atoms with van der Waals surface area (Å²) in [5.74, 6) is 0.146. The lowest BCUT2D eigenvalue weighted by Gasteiger charge is -2.09. The minimum atomic E-state index is -0.114. The largest absolute Gasteiger partial charge is 0.352 e. The van der Waals surface area contributed by atoms with Gasteiger partial charge in [0.05, 0.1) is 5.75 Å². The van der Waals surface area contributed by atoms with Crippen LogP contribution in [-0.2, 0) is 4.79 Å². The van der Waals surface area contributed by atoms with E-state index in [1.807, 2.05) is 20.8 Å². The van der Waals surface area contributed by atoms with Crippen molar-refractivity contribution in [3.05, 3.63) is 57.6 Å². The molecule has 2 rings (SSSR count). The molecule has 0 aliphatic heterocycles. The fourth-order valence-corrected chi connectivity index (χ4v) is 3.58. The first-order valence-corrected chi connectivity index (χ1v) is 9.76. The fourth-order valence-electron chi connectivity index (χ4n) is 2.22. The SMILES string of the molecule is CCNC(=O)c1ccc(NC(=O)CSc2cc(C)c(Br)cc2C)cc1. The summed E-state index contributed by atoms with van der Waals surface area (Å²) >= 11 is 5.03. The third-order valence-electron chi connectivity index (χ3n) is 3.58. The highest BCUT2D eigenvalue weighted by atomic mass is 79.9. The van der Waals surface area contributed by atoms with Crippen LogP contribution in [0.1, 0.15) is 28.4 Å². The zero-order chi connectivity index (χ0) is 18.4. The Hall–Kier alpha value is -1.79. The highest BCUT2D eigenvalue weighted by Crippen LogP contribution is 2.28. The van der Waals surface area contributed by atoms with Crippen LogP contribution >= 0.6 is 27.7 Å². The van der Waals surface area contributed by atoms with E-state index in [1.165, 1.54) is 11.8 Å². The van der Waals surface area contributed by atoms with Gasteiger partial charge in [-0.25, -0.2) is 0 Å². The van der Waals surface area contributed by atoms with Gasteiger partial charge in [-0.3, -0.25) is 9.59 Å². The van der Waals surface area contributed by atoms with Crippen LogP contribution in [0.4, 0.5) is 5.69 Å². The number of halogens is 1. The zero-order valence-corrected chi connectivity index (χ0v) is 16.9. The first-order chi connectivity index (χ1) is 11.9. The van der Waals surface area contributed by atoms with Gasteiger partial charge in [-0.1, -0.05) is 15.9 Å². The van der Waals surface area contributed by atoms with Gasteiger partial charge in [0, 0.05) is 27.2 Å². The lowest BCUT2D eigenvalue weighted by molar-refractivity contribution is -0.113. The molecule has 0 bridgehead atoms. The maximum absolute atomic E-state index is 12.1. The number of carbonyl (C=O) groups is 2. The molecule has 0 aliphatic carbocycles. The standard InChI is InChI=1S/C19H21BrN2O2S/c1-4-21-19(24)14-5-7-15(8-6-14)22-18(23)11-25-17-10-12(2)16(20)9-13(17)3/h5-10H,4,11H2,1-3H3,(H,21,24)(H,22,23). The van der Waals surface area contributed by atoms with Crippen molar-refractivity contribution in [2.24, 2.45) is 0 Å². The molecule has 4 nitrogen and oxygen atoms in total. The summed E-state index contributed by atoms with van der Waals surface area (Å²) in [6.07, 6.45) is 0. The Balaban J connectivity index is 1.92. The van der Waals surface area contributed by atoms with Gasteiger partial charge in [0.15, 0.2) is 0 Å². The van der Waals surface area contributed by atoms with E-state index in [1.54, 1.807) is 24.3 Å². The summed E-state index contributed by atoms with van der Waals surface area (Å²) in [6.45, 7) is 6.52. The van der Waals surface area contributed by atoms with Gasteiger partial charge in [0.25, 0.3) is 5.91 Å². The van der Waals surface area contributed by atoms with E-state index in [0.717, 1.165) is 20.5 Å². The molecule has 0 unspecified atom stereocenters. The van der Waals surface area contributed by atoms with E-state index in [9.17, 15) is 9.59 Å². The highest BCUT2D eigenvalue weighted by Gasteiger charge is 2.09. The van der Waals surface area contributed by atoms with E-state index in [-0.39, 0.29) is 11.8 Å². The van der Waals surface area contributed by atoms with Crippen molar-refractivity contribution in [3.63, 3.8) is 0 Å². The first kappa shape index (κ1) is 19.5. The van der Waals surface area contributed by atoms with Gasteiger partial charge >= 0.3 is 0 Å². The molecule has 2 amide bonds. The summed E-state index contributed by atoms with van der Waals surface area (Å²) in [5, 5.41) is 5.60. The lowest BCUT2D eigenvalue weighted by Crippen LogP contribution is -2.22. The molecule has 0 aliphatic rings. The number of hydrogen-bond acceptors (Lipinski definition) is 3. The second kappa shape index (κ2) is 9.06. The van der Waals surface area contributed by atoms with Crippen molar-refractivity contribution >= 4 is 45.2 Å². The number of thioether (sulfide) groups is 1. The van der Waals surface area contributed by atoms with Gasteiger partial charge in [0.1, 0.15) is 0 Å². The molecule has 0 atom stereocenters. The molecule has 2 N–H and O–H groups in total. The molecule has 2 aromatic carbocycles. The van der Waals surface area contributed by atoms with E-state index in [2.05, 4.69) is 38.7 Å². The van der Waals surface area contributed by atoms with Crippen molar-refractivity contribution in [3.8, 4) is 0 Å². The second-order valence-corrected chi connectivity index (χ2v) is 7.51. The van der Waals surface area contributed by atoms with Gasteiger partial charge in [-0.05, 0) is 68.3 Å². The summed E-state index contributed by atoms with van der Waals surface area (Å²) in [7, 11) is 0. The minimum Gasteiger partial charge on any atom is -0.352 e. The molecule has 0 fully saturated rings. The Morgan fingerprint density at radius 1 is 1.08 bits per heavy atom. The zero-order valence-electron chi connectivity index (χ0n) is 14.5. The Morgan fingerprint density at radius 3 is 2.40 bits per heavy atom. The molecule has 0 heterocycles. The number of carbonyl (C=O) groups excluding carboxylic acids is 2. The minimum absolute atomic E-state index is 0.0734. The predicted molar refractivity (Wildman–Crippen MR) is 107 cm³/mol. The van der Waals surface area contributed by atoms with Crippen molar-refractivity contribution in [1.29, 1.82) is 0 Å². The number of aryl methyl sites for hydroxylation is 2. The molecule has 0 saturated carbocycles. The maximum Gasteiger partial charge on any atom is 0.251 e. The van der Waals surface area contributed by atoms with Crippen LogP contribution in [0, 0.1) is 13.8 Å². The Kier molecular flexibility index (Phi) is 7.08. The van der Waals surface area contributed by atoms with Crippen molar-refractivity contribution < 1.29 is 9.59 Å². The van der Waals surface area contributed by atoms with Gasteiger partial charge in [-0.2, -0.15) is 0 Å². The van der Waals surface area contributed by atoms with Crippen LogP contribution in [0.3, 0.4) is 0 Å². The van der Waals surface area contributed by atoms with Crippen LogP contribution in [0.2, 0.25) is 0 Å². The topological polar surface area (TPSA) is 58.2 Å². The average Bonchev–Trinajstić information content (AvgIpc) is 2.58. The summed E-state index contributed by atoms with van der Waals surface area (Å²) in [4.78, 5) is 25.0. The van der Waals surface area contributed by atoms with Gasteiger partial charge in [0.2, 0.25) is 5.91 Å². The average molecular weight is 421 g/mol. The van der Waals surface area contributed by atoms with E-state index < -0.39 is 0 Å². The number of amides is 2. The van der Waals surface area contributed by atoms with Crippen LogP contribution in [0.25, 0.3) is 0 Å². The summed E-state index contributed by atoms with van der Waals surface area (Å²) in [5.41, 5.74) is 3.55. The van der Waals surface area contributed by atoms with Crippen LogP contribution in [-0.4, -0.2) is 24.1 Å². The fraction of sp³-hybridized carbons (Fsp3) is 0.263. The molecule has 25 heavy (non-hydrogen) atoms. The monoisotopic (exact) mass is 420 g/mol. The number of rotatable bonds is 6. The van der Waals surface area contributed by atoms with E-state index in [0.29, 0.717) is 23.5 Å². The molecule has 0 aromatic heterocycles. The molecule has 0 saturated heterocycles. The first-order valence-electron chi connectivity index (χ1n) is 7.98. The Labute approximate surface area is 160 Å². The molecule has 132 valence electrons. The number of anilines is 1. The van der Waals surface area contributed by atoms with Crippen molar-refractivity contribution in [2.45, 2.75) is 25.7 Å². The van der Waals surface area contributed by atoms with Crippen LogP contribution in [0.5, 0.6) is 0 Å². The molecule has 6 heteroatoms. The highest BCUT2D eigenvalue weighted by molar-refractivity contribution is 9.10. The quantitative estimate of drug-likeness (QED) is 0.673. The summed E-state index contributed by atoms with van der Waals surface area (Å²) in [6, 6.07) is 11.0. The number of hydrogen-bond donors (Lipinski definition) is 2. The van der Waals surface area contributed by atoms with Gasteiger partial charge < -0.3 is 10.6 Å².